The van der Waals surface area contributed by atoms with Crippen LogP contribution in [-0.2, 0) is 11.3 Å². The van der Waals surface area contributed by atoms with Crippen molar-refractivity contribution in [3.8, 4) is 0 Å². The first-order valence-corrected chi connectivity index (χ1v) is 7.53. The highest BCUT2D eigenvalue weighted by Crippen LogP contribution is 2.25. The molecule has 0 saturated carbocycles. The van der Waals surface area contributed by atoms with Crippen molar-refractivity contribution in [2.45, 2.75) is 6.61 Å². The van der Waals surface area contributed by atoms with Gasteiger partial charge in [-0.05, 0) is 39.7 Å². The molecule has 22 heavy (non-hydrogen) atoms. The third-order valence-electron chi connectivity index (χ3n) is 3.14. The van der Waals surface area contributed by atoms with Gasteiger partial charge in [0.1, 0.15) is 6.61 Å². The van der Waals surface area contributed by atoms with Crippen LogP contribution in [0.1, 0.15) is 5.56 Å². The fourth-order valence-electron chi connectivity index (χ4n) is 2.10. The maximum Gasteiger partial charge on any atom is 0.411 e. The van der Waals surface area contributed by atoms with Crippen molar-refractivity contribution >= 4 is 38.6 Å². The van der Waals surface area contributed by atoms with Crippen molar-refractivity contribution in [2.75, 3.05) is 5.32 Å². The van der Waals surface area contributed by atoms with Crippen LogP contribution >= 0.6 is 15.9 Å². The monoisotopic (exact) mass is 356 g/mol. The predicted molar refractivity (Wildman–Crippen MR) is 89.7 cm³/mol. The summed E-state index contributed by atoms with van der Waals surface area (Å²) in [6.07, 6.45) is 1.23. The smallest absolute Gasteiger partial charge is 0.411 e. The first-order chi connectivity index (χ1) is 10.7. The normalized spacial score (nSPS) is 10.4. The Morgan fingerprint density at radius 2 is 1.95 bits per heavy atom. The van der Waals surface area contributed by atoms with Gasteiger partial charge in [0.15, 0.2) is 0 Å². The topological polar surface area (TPSA) is 51.2 Å². The zero-order valence-corrected chi connectivity index (χ0v) is 13.2. The van der Waals surface area contributed by atoms with Crippen LogP contribution < -0.4 is 5.32 Å². The van der Waals surface area contributed by atoms with Gasteiger partial charge < -0.3 is 4.74 Å². The van der Waals surface area contributed by atoms with Crippen molar-refractivity contribution in [3.05, 3.63) is 70.8 Å². The fraction of sp³-hybridized carbons (Fsp3) is 0.0588. The maximum absolute atomic E-state index is 11.9. The van der Waals surface area contributed by atoms with E-state index >= 15 is 0 Å². The summed E-state index contributed by atoms with van der Waals surface area (Å²) in [5.41, 5.74) is 2.42. The lowest BCUT2D eigenvalue weighted by atomic mass is 10.2. The van der Waals surface area contributed by atoms with Crippen molar-refractivity contribution in [2.24, 2.45) is 0 Å². The summed E-state index contributed by atoms with van der Waals surface area (Å²) >= 11 is 3.39. The number of amides is 1. The quantitative estimate of drug-likeness (QED) is 0.736. The highest BCUT2D eigenvalue weighted by atomic mass is 79.9. The predicted octanol–water partition coefficient (Wildman–Crippen LogP) is 4.75. The molecule has 0 unspecified atom stereocenters. The van der Waals surface area contributed by atoms with Crippen LogP contribution in [0.15, 0.2) is 65.3 Å². The van der Waals surface area contributed by atoms with Gasteiger partial charge in [0, 0.05) is 16.1 Å². The number of hydrogen-bond acceptors (Lipinski definition) is 3. The van der Waals surface area contributed by atoms with Gasteiger partial charge in [0.25, 0.3) is 0 Å². The molecule has 0 aliphatic rings. The van der Waals surface area contributed by atoms with Gasteiger partial charge in [-0.1, -0.05) is 36.4 Å². The first-order valence-electron chi connectivity index (χ1n) is 6.74. The van der Waals surface area contributed by atoms with E-state index in [1.165, 1.54) is 0 Å². The molecule has 5 heteroatoms. The minimum absolute atomic E-state index is 0.235. The summed E-state index contributed by atoms with van der Waals surface area (Å²) in [4.78, 5) is 16.3. The molecule has 1 amide bonds. The molecular weight excluding hydrogens is 344 g/mol. The molecule has 1 N–H and O–H groups in total. The number of hydrogen-bond donors (Lipinski definition) is 1. The summed E-state index contributed by atoms with van der Waals surface area (Å²) in [6, 6.07) is 17.0. The standard InChI is InChI=1S/C17H13BrN2O2/c18-13-9-14-15(19-10-13)7-4-8-16(14)20-17(21)22-11-12-5-2-1-3-6-12/h1-10H,11H2,(H,20,21). The lowest BCUT2D eigenvalue weighted by Gasteiger charge is -2.09. The molecule has 1 aromatic heterocycles. The number of anilines is 1. The van der Waals surface area contributed by atoms with Crippen LogP contribution in [0.5, 0.6) is 0 Å². The number of ether oxygens (including phenoxy) is 1. The third kappa shape index (κ3) is 3.43. The van der Waals surface area contributed by atoms with Gasteiger partial charge in [-0.15, -0.1) is 0 Å². The first kappa shape index (κ1) is 14.5. The van der Waals surface area contributed by atoms with Crippen LogP contribution in [0, 0.1) is 0 Å². The number of benzene rings is 2. The van der Waals surface area contributed by atoms with Gasteiger partial charge in [0.2, 0.25) is 0 Å². The number of carbonyl (C=O) groups is 1. The van der Waals surface area contributed by atoms with Crippen LogP contribution in [0.25, 0.3) is 10.9 Å². The number of nitrogens with zero attached hydrogens (tertiary/aromatic N) is 1. The zero-order chi connectivity index (χ0) is 15.4. The molecule has 3 aromatic rings. The van der Waals surface area contributed by atoms with E-state index in [9.17, 15) is 4.79 Å². The summed E-state index contributed by atoms with van der Waals surface area (Å²) in [5.74, 6) is 0. The van der Waals surface area contributed by atoms with Crippen LogP contribution in [0.3, 0.4) is 0 Å². The third-order valence-corrected chi connectivity index (χ3v) is 3.58. The van der Waals surface area contributed by atoms with Crippen molar-refractivity contribution in [1.82, 2.24) is 4.98 Å². The van der Waals surface area contributed by atoms with E-state index in [0.717, 1.165) is 20.9 Å². The summed E-state index contributed by atoms with van der Waals surface area (Å²) < 4.78 is 6.08. The summed E-state index contributed by atoms with van der Waals surface area (Å²) in [6.45, 7) is 0.235. The largest absolute Gasteiger partial charge is 0.444 e. The van der Waals surface area contributed by atoms with Gasteiger partial charge in [-0.2, -0.15) is 0 Å². The Hall–Kier alpha value is -2.40. The van der Waals surface area contributed by atoms with E-state index in [-0.39, 0.29) is 6.61 Å². The second kappa shape index (κ2) is 6.58. The molecule has 0 aliphatic heterocycles. The van der Waals surface area contributed by atoms with Gasteiger partial charge in [-0.25, -0.2) is 4.79 Å². The molecule has 0 atom stereocenters. The molecule has 110 valence electrons. The van der Waals surface area contributed by atoms with Gasteiger partial charge in [-0.3, -0.25) is 10.3 Å². The summed E-state index contributed by atoms with van der Waals surface area (Å²) in [7, 11) is 0. The van der Waals surface area contributed by atoms with Gasteiger partial charge in [0.05, 0.1) is 11.2 Å². The van der Waals surface area contributed by atoms with E-state index in [0.29, 0.717) is 5.69 Å². The van der Waals surface area contributed by atoms with E-state index in [1.807, 2.05) is 54.6 Å². The Kier molecular flexibility index (Phi) is 4.34. The van der Waals surface area contributed by atoms with Crippen LogP contribution in [0.4, 0.5) is 10.5 Å². The number of carbonyl (C=O) groups excluding carboxylic acids is 1. The van der Waals surface area contributed by atoms with E-state index in [1.54, 1.807) is 6.20 Å². The SMILES string of the molecule is O=C(Nc1cccc2ncc(Br)cc12)OCc1ccccc1. The molecule has 1 heterocycles. The average molecular weight is 357 g/mol. The van der Waals surface area contributed by atoms with Crippen LogP contribution in [0.2, 0.25) is 0 Å². The number of pyridine rings is 1. The highest BCUT2D eigenvalue weighted by Gasteiger charge is 2.08. The number of aromatic nitrogens is 1. The van der Waals surface area contributed by atoms with Crippen LogP contribution in [-0.4, -0.2) is 11.1 Å². The number of rotatable bonds is 3. The number of nitrogens with one attached hydrogen (secondary N) is 1. The molecule has 3 rings (SSSR count). The lowest BCUT2D eigenvalue weighted by Crippen LogP contribution is -2.13. The molecule has 0 aliphatic carbocycles. The number of halogens is 1. The Labute approximate surface area is 136 Å². The van der Waals surface area contributed by atoms with E-state index in [4.69, 9.17) is 4.74 Å². The zero-order valence-electron chi connectivity index (χ0n) is 11.6. The molecule has 0 fully saturated rings. The van der Waals surface area contributed by atoms with Gasteiger partial charge >= 0.3 is 6.09 Å². The highest BCUT2D eigenvalue weighted by molar-refractivity contribution is 9.10. The summed E-state index contributed by atoms with van der Waals surface area (Å²) in [5, 5.41) is 3.62. The van der Waals surface area contributed by atoms with E-state index < -0.39 is 6.09 Å². The Morgan fingerprint density at radius 1 is 1.14 bits per heavy atom. The lowest BCUT2D eigenvalue weighted by molar-refractivity contribution is 0.155. The van der Waals surface area contributed by atoms with Crippen molar-refractivity contribution < 1.29 is 9.53 Å². The van der Waals surface area contributed by atoms with Crippen molar-refractivity contribution in [1.29, 1.82) is 0 Å². The average Bonchev–Trinajstić information content (AvgIpc) is 2.54. The molecule has 4 nitrogen and oxygen atoms in total. The molecule has 0 saturated heterocycles. The molecule has 0 radical (unpaired) electrons. The minimum Gasteiger partial charge on any atom is -0.444 e. The molecule has 2 aromatic carbocycles. The maximum atomic E-state index is 11.9. The second-order valence-electron chi connectivity index (χ2n) is 4.71. The Bertz CT molecular complexity index is 806. The number of fused-ring (bicyclic) bond motifs is 1. The Balaban J connectivity index is 1.73. The second-order valence-corrected chi connectivity index (χ2v) is 5.63. The Morgan fingerprint density at radius 3 is 2.77 bits per heavy atom. The van der Waals surface area contributed by atoms with E-state index in [2.05, 4.69) is 26.2 Å². The molecular formula is C17H13BrN2O2. The molecule has 0 bridgehead atoms. The van der Waals surface area contributed by atoms with Crippen molar-refractivity contribution in [3.63, 3.8) is 0 Å². The fourth-order valence-corrected chi connectivity index (χ4v) is 2.43. The minimum atomic E-state index is -0.490. The molecule has 0 spiro atoms.